The Labute approximate surface area is 149 Å². The maximum atomic E-state index is 4.57. The van der Waals surface area contributed by atoms with Gasteiger partial charge in [-0.05, 0) is 38.6 Å². The van der Waals surface area contributed by atoms with Gasteiger partial charge < -0.3 is 15.1 Å². The fraction of sp³-hybridized carbons (Fsp3) is 0.947. The second kappa shape index (κ2) is 9.04. The maximum Gasteiger partial charge on any atom is 0.193 e. The number of piperazine rings is 1. The topological polar surface area (TPSA) is 34.1 Å². The molecule has 0 saturated carbocycles. The van der Waals surface area contributed by atoms with Crippen molar-refractivity contribution in [3.05, 3.63) is 0 Å². The monoisotopic (exact) mass is 337 g/mol. The Morgan fingerprint density at radius 1 is 1.21 bits per heavy atom. The molecule has 1 N–H and O–H groups in total. The number of rotatable bonds is 5. The number of hydrogen-bond acceptors (Lipinski definition) is 3. The van der Waals surface area contributed by atoms with Crippen LogP contribution in [0.2, 0.25) is 0 Å². The van der Waals surface area contributed by atoms with Gasteiger partial charge in [0.15, 0.2) is 5.96 Å². The fourth-order valence-corrected chi connectivity index (χ4v) is 4.27. The molecule has 2 heterocycles. The van der Waals surface area contributed by atoms with E-state index in [2.05, 4.69) is 52.8 Å². The highest BCUT2D eigenvalue weighted by atomic mass is 15.3. The summed E-state index contributed by atoms with van der Waals surface area (Å²) in [6, 6.07) is 0.558. The van der Waals surface area contributed by atoms with E-state index < -0.39 is 0 Å². The van der Waals surface area contributed by atoms with E-state index in [1.54, 1.807) is 0 Å². The molecule has 0 amide bonds. The van der Waals surface area contributed by atoms with E-state index in [0.717, 1.165) is 25.6 Å². The summed E-state index contributed by atoms with van der Waals surface area (Å²) in [5.74, 6) is 1.10. The van der Waals surface area contributed by atoms with Gasteiger partial charge in [0, 0.05) is 58.9 Å². The molecular weight excluding hydrogens is 298 g/mol. The van der Waals surface area contributed by atoms with Gasteiger partial charge in [-0.2, -0.15) is 0 Å². The summed E-state index contributed by atoms with van der Waals surface area (Å²) in [5, 5.41) is 3.65. The average molecular weight is 338 g/mol. The number of aliphatic imine (C=N–C) groups is 1. The first-order chi connectivity index (χ1) is 11.5. The summed E-state index contributed by atoms with van der Waals surface area (Å²) < 4.78 is 0. The first-order valence-electron chi connectivity index (χ1n) is 9.85. The number of likely N-dealkylation sites (tertiary alicyclic amines) is 1. The molecular formula is C19H39N5. The average Bonchev–Trinajstić information content (AvgIpc) is 2.56. The minimum atomic E-state index is 0.452. The van der Waals surface area contributed by atoms with Crippen molar-refractivity contribution in [3.63, 3.8) is 0 Å². The van der Waals surface area contributed by atoms with E-state index in [4.69, 9.17) is 0 Å². The van der Waals surface area contributed by atoms with Crippen molar-refractivity contribution >= 4 is 5.96 Å². The van der Waals surface area contributed by atoms with Crippen molar-refractivity contribution in [2.45, 2.75) is 52.5 Å². The Hall–Kier alpha value is -0.810. The Morgan fingerprint density at radius 2 is 1.92 bits per heavy atom. The first-order valence-corrected chi connectivity index (χ1v) is 9.85. The van der Waals surface area contributed by atoms with Gasteiger partial charge in [0.05, 0.1) is 0 Å². The van der Waals surface area contributed by atoms with Gasteiger partial charge in [-0.3, -0.25) is 9.89 Å². The highest BCUT2D eigenvalue weighted by Crippen LogP contribution is 2.33. The van der Waals surface area contributed by atoms with Crippen LogP contribution in [0.15, 0.2) is 4.99 Å². The Balaban J connectivity index is 1.83. The smallest absolute Gasteiger partial charge is 0.193 e. The molecule has 2 aliphatic heterocycles. The molecule has 24 heavy (non-hydrogen) atoms. The van der Waals surface area contributed by atoms with Crippen molar-refractivity contribution in [2.24, 2.45) is 10.4 Å². The van der Waals surface area contributed by atoms with Crippen molar-refractivity contribution in [2.75, 3.05) is 59.9 Å². The van der Waals surface area contributed by atoms with E-state index in [1.807, 2.05) is 7.05 Å². The molecule has 0 spiro atoms. The molecule has 2 atom stereocenters. The molecule has 5 heteroatoms. The second-order valence-electron chi connectivity index (χ2n) is 8.20. The van der Waals surface area contributed by atoms with Gasteiger partial charge in [-0.1, -0.05) is 20.3 Å². The Morgan fingerprint density at radius 3 is 2.54 bits per heavy atom. The van der Waals surface area contributed by atoms with Crippen LogP contribution >= 0.6 is 0 Å². The van der Waals surface area contributed by atoms with E-state index in [0.29, 0.717) is 11.5 Å². The highest BCUT2D eigenvalue weighted by molar-refractivity contribution is 5.80. The van der Waals surface area contributed by atoms with Crippen molar-refractivity contribution in [1.29, 1.82) is 0 Å². The lowest BCUT2D eigenvalue weighted by Gasteiger charge is -2.42. The third-order valence-electron chi connectivity index (χ3n) is 5.86. The van der Waals surface area contributed by atoms with Crippen LogP contribution in [0, 0.1) is 5.41 Å². The Bertz CT molecular complexity index is 399. The van der Waals surface area contributed by atoms with Gasteiger partial charge in [0.1, 0.15) is 0 Å². The molecule has 5 nitrogen and oxygen atoms in total. The van der Waals surface area contributed by atoms with E-state index in [-0.39, 0.29) is 0 Å². The van der Waals surface area contributed by atoms with Crippen LogP contribution in [0.5, 0.6) is 0 Å². The summed E-state index contributed by atoms with van der Waals surface area (Å²) in [5.41, 5.74) is 0.452. The zero-order valence-electron chi connectivity index (χ0n) is 16.6. The normalized spacial score (nSPS) is 28.9. The summed E-state index contributed by atoms with van der Waals surface area (Å²) >= 11 is 0. The van der Waals surface area contributed by atoms with Gasteiger partial charge in [-0.25, -0.2) is 0 Å². The van der Waals surface area contributed by atoms with E-state index in [1.165, 1.54) is 51.9 Å². The predicted octanol–water partition coefficient (Wildman–Crippen LogP) is 2.10. The molecule has 140 valence electrons. The third kappa shape index (κ3) is 5.35. The lowest BCUT2D eigenvalue weighted by molar-refractivity contribution is 0.117. The van der Waals surface area contributed by atoms with Gasteiger partial charge in [0.25, 0.3) is 0 Å². The predicted molar refractivity (Wildman–Crippen MR) is 104 cm³/mol. The van der Waals surface area contributed by atoms with Crippen LogP contribution < -0.4 is 5.32 Å². The minimum Gasteiger partial charge on any atom is -0.355 e. The lowest BCUT2D eigenvalue weighted by Crippen LogP contribution is -2.54. The van der Waals surface area contributed by atoms with Gasteiger partial charge in [-0.15, -0.1) is 0 Å². The summed E-state index contributed by atoms with van der Waals surface area (Å²) in [6.45, 7) is 15.1. The van der Waals surface area contributed by atoms with Gasteiger partial charge in [0.2, 0.25) is 0 Å². The van der Waals surface area contributed by atoms with Crippen LogP contribution in [-0.4, -0.2) is 86.6 Å². The van der Waals surface area contributed by atoms with Crippen molar-refractivity contribution < 1.29 is 0 Å². The minimum absolute atomic E-state index is 0.452. The van der Waals surface area contributed by atoms with Gasteiger partial charge >= 0.3 is 0 Å². The van der Waals surface area contributed by atoms with Crippen molar-refractivity contribution in [1.82, 2.24) is 20.0 Å². The lowest BCUT2D eigenvalue weighted by atomic mass is 9.78. The molecule has 0 aliphatic carbocycles. The Kier molecular flexibility index (Phi) is 7.35. The summed E-state index contributed by atoms with van der Waals surface area (Å²) in [6.07, 6.45) is 5.23. The number of piperidine rings is 1. The standard InChI is InChI=1S/C19H39N5/c1-6-8-19(3)9-7-10-24(16-19)18(20-4)21-15-17(2)23-13-11-22(5)12-14-23/h17H,6-16H2,1-5H3,(H,20,21). The zero-order chi connectivity index (χ0) is 17.6. The van der Waals surface area contributed by atoms with Crippen LogP contribution in [0.4, 0.5) is 0 Å². The number of likely N-dealkylation sites (N-methyl/N-ethyl adjacent to an activating group) is 1. The number of nitrogens with zero attached hydrogens (tertiary/aromatic N) is 4. The zero-order valence-corrected chi connectivity index (χ0v) is 16.6. The molecule has 0 bridgehead atoms. The molecule has 2 rings (SSSR count). The number of guanidine groups is 1. The van der Waals surface area contributed by atoms with E-state index >= 15 is 0 Å². The quantitative estimate of drug-likeness (QED) is 0.615. The number of nitrogens with one attached hydrogen (secondary N) is 1. The molecule has 2 aliphatic rings. The second-order valence-corrected chi connectivity index (χ2v) is 8.20. The van der Waals surface area contributed by atoms with Crippen LogP contribution in [0.25, 0.3) is 0 Å². The van der Waals surface area contributed by atoms with Crippen LogP contribution in [-0.2, 0) is 0 Å². The third-order valence-corrected chi connectivity index (χ3v) is 5.86. The fourth-order valence-electron chi connectivity index (χ4n) is 4.27. The molecule has 2 fully saturated rings. The van der Waals surface area contributed by atoms with E-state index in [9.17, 15) is 0 Å². The van der Waals surface area contributed by atoms with Crippen molar-refractivity contribution in [3.8, 4) is 0 Å². The molecule has 0 aromatic rings. The molecule has 0 radical (unpaired) electrons. The molecule has 2 saturated heterocycles. The SMILES string of the molecule is CCCC1(C)CCCN(C(=NC)NCC(C)N2CCN(C)CC2)C1. The summed E-state index contributed by atoms with van der Waals surface area (Å²) in [4.78, 5) is 12.1. The largest absolute Gasteiger partial charge is 0.355 e. The van der Waals surface area contributed by atoms with Crippen LogP contribution in [0.3, 0.4) is 0 Å². The highest BCUT2D eigenvalue weighted by Gasteiger charge is 2.31. The van der Waals surface area contributed by atoms with Crippen LogP contribution in [0.1, 0.15) is 46.5 Å². The summed E-state index contributed by atoms with van der Waals surface area (Å²) in [7, 11) is 4.14. The maximum absolute atomic E-state index is 4.57. The molecule has 2 unspecified atom stereocenters. The molecule has 0 aromatic carbocycles. The number of hydrogen-bond donors (Lipinski definition) is 1. The molecule has 0 aromatic heterocycles. The first kappa shape index (κ1) is 19.5.